The number of aryl methyl sites for hydroxylation is 1. The van der Waals surface area contributed by atoms with Crippen molar-refractivity contribution in [2.75, 3.05) is 37.6 Å². The van der Waals surface area contributed by atoms with Crippen LogP contribution in [0.5, 0.6) is 0 Å². The second-order valence-corrected chi connectivity index (χ2v) is 7.72. The monoisotopic (exact) mass is 405 g/mol. The fraction of sp³-hybridized carbons (Fsp3) is 0.391. The average molecular weight is 406 g/mol. The number of aliphatic hydroxyl groups excluding tert-OH is 1. The van der Waals surface area contributed by atoms with E-state index < -0.39 is 0 Å². The molecule has 156 valence electrons. The molecule has 0 aliphatic carbocycles. The molecule has 3 heterocycles. The van der Waals surface area contributed by atoms with Crippen molar-refractivity contribution in [3.63, 3.8) is 0 Å². The topological polar surface area (TPSA) is 70.6 Å². The van der Waals surface area contributed by atoms with Crippen molar-refractivity contribution in [3.8, 4) is 11.8 Å². The zero-order chi connectivity index (χ0) is 20.9. The highest BCUT2D eigenvalue weighted by Gasteiger charge is 2.18. The van der Waals surface area contributed by atoms with Gasteiger partial charge in [-0.2, -0.15) is 0 Å². The van der Waals surface area contributed by atoms with Crippen LogP contribution in [0.2, 0.25) is 0 Å². The van der Waals surface area contributed by atoms with Crippen LogP contribution in [0, 0.1) is 18.8 Å². The summed E-state index contributed by atoms with van der Waals surface area (Å²) in [7, 11) is 0. The number of benzene rings is 1. The first-order valence-corrected chi connectivity index (χ1v) is 10.3. The normalized spacial score (nSPS) is 15.6. The summed E-state index contributed by atoms with van der Waals surface area (Å²) in [5.74, 6) is 7.69. The van der Waals surface area contributed by atoms with Gasteiger partial charge in [-0.1, -0.05) is 11.1 Å². The Labute approximate surface area is 176 Å². The zero-order valence-corrected chi connectivity index (χ0v) is 17.5. The molecular formula is C23H27N5O2. The Morgan fingerprint density at radius 1 is 1.13 bits per heavy atom. The van der Waals surface area contributed by atoms with Crippen molar-refractivity contribution in [2.45, 2.75) is 26.5 Å². The summed E-state index contributed by atoms with van der Waals surface area (Å²) < 4.78 is 7.36. The lowest BCUT2D eigenvalue weighted by atomic mass is 10.1. The van der Waals surface area contributed by atoms with E-state index in [-0.39, 0.29) is 6.10 Å². The van der Waals surface area contributed by atoms with Crippen LogP contribution in [-0.2, 0) is 6.54 Å². The molecule has 1 unspecified atom stereocenters. The summed E-state index contributed by atoms with van der Waals surface area (Å²) >= 11 is 0. The lowest BCUT2D eigenvalue weighted by Gasteiger charge is -2.36. The van der Waals surface area contributed by atoms with Crippen molar-refractivity contribution >= 4 is 5.69 Å². The highest BCUT2D eigenvalue weighted by atomic mass is 16.5. The van der Waals surface area contributed by atoms with Crippen LogP contribution in [0.25, 0.3) is 0 Å². The first-order chi connectivity index (χ1) is 14.6. The molecule has 2 aromatic heterocycles. The van der Waals surface area contributed by atoms with Crippen LogP contribution in [0.4, 0.5) is 5.69 Å². The SMILES string of the molecule is Cc1nccn1Cc1cc(C#Cc2ccc(N3CCN(CC(C)O)CC3)cc2)on1. The maximum atomic E-state index is 9.54. The van der Waals surface area contributed by atoms with Crippen molar-refractivity contribution < 1.29 is 9.63 Å². The molecule has 0 bridgehead atoms. The van der Waals surface area contributed by atoms with E-state index in [1.54, 1.807) is 6.20 Å². The first-order valence-electron chi connectivity index (χ1n) is 10.3. The van der Waals surface area contributed by atoms with E-state index in [1.165, 1.54) is 5.69 Å². The van der Waals surface area contributed by atoms with Crippen LogP contribution in [0.3, 0.4) is 0 Å². The highest BCUT2D eigenvalue weighted by molar-refractivity contribution is 5.51. The molecule has 0 amide bonds. The molecule has 0 saturated carbocycles. The minimum absolute atomic E-state index is 0.273. The summed E-state index contributed by atoms with van der Waals surface area (Å²) in [6, 6.07) is 10.2. The summed E-state index contributed by atoms with van der Waals surface area (Å²) in [6.07, 6.45) is 3.42. The molecule has 7 nitrogen and oxygen atoms in total. The number of anilines is 1. The van der Waals surface area contributed by atoms with Gasteiger partial charge < -0.3 is 19.1 Å². The molecule has 4 rings (SSSR count). The molecule has 0 radical (unpaired) electrons. The number of rotatable bonds is 5. The summed E-state index contributed by atoms with van der Waals surface area (Å²) in [5.41, 5.74) is 2.97. The number of piperazine rings is 1. The van der Waals surface area contributed by atoms with E-state index in [0.29, 0.717) is 12.3 Å². The molecule has 30 heavy (non-hydrogen) atoms. The van der Waals surface area contributed by atoms with Gasteiger partial charge in [0.1, 0.15) is 11.5 Å². The largest absolute Gasteiger partial charge is 0.392 e. The first kappa shape index (κ1) is 20.2. The zero-order valence-electron chi connectivity index (χ0n) is 17.5. The van der Waals surface area contributed by atoms with Gasteiger partial charge in [0.2, 0.25) is 5.76 Å². The maximum Gasteiger partial charge on any atom is 0.210 e. The van der Waals surface area contributed by atoms with Gasteiger partial charge in [-0.15, -0.1) is 0 Å². The Balaban J connectivity index is 1.34. The predicted molar refractivity (Wildman–Crippen MR) is 115 cm³/mol. The van der Waals surface area contributed by atoms with Gasteiger partial charge >= 0.3 is 0 Å². The second-order valence-electron chi connectivity index (χ2n) is 7.72. The number of nitrogens with zero attached hydrogens (tertiary/aromatic N) is 5. The number of aromatic nitrogens is 3. The number of β-amino-alcohol motifs (C(OH)–C–C–N with tert-alkyl or cyclic N) is 1. The molecule has 1 atom stereocenters. The fourth-order valence-corrected chi connectivity index (χ4v) is 3.64. The minimum atomic E-state index is -0.273. The Morgan fingerprint density at radius 2 is 1.90 bits per heavy atom. The Hall–Kier alpha value is -3.08. The molecular weight excluding hydrogens is 378 g/mol. The lowest BCUT2D eigenvalue weighted by Crippen LogP contribution is -2.48. The number of hydrogen-bond donors (Lipinski definition) is 1. The van der Waals surface area contributed by atoms with E-state index in [1.807, 2.05) is 42.8 Å². The van der Waals surface area contributed by atoms with Crippen LogP contribution in [0.15, 0.2) is 47.2 Å². The van der Waals surface area contributed by atoms with E-state index in [9.17, 15) is 5.11 Å². The van der Waals surface area contributed by atoms with E-state index in [0.717, 1.165) is 49.8 Å². The smallest absolute Gasteiger partial charge is 0.210 e. The molecule has 1 fully saturated rings. The fourth-order valence-electron chi connectivity index (χ4n) is 3.64. The molecule has 1 N–H and O–H groups in total. The third-order valence-corrected chi connectivity index (χ3v) is 5.27. The molecule has 3 aromatic rings. The van der Waals surface area contributed by atoms with Gasteiger partial charge in [0.25, 0.3) is 0 Å². The maximum absolute atomic E-state index is 9.54. The molecule has 1 saturated heterocycles. The van der Waals surface area contributed by atoms with Crippen molar-refractivity contribution in [3.05, 3.63) is 65.6 Å². The van der Waals surface area contributed by atoms with Gasteiger partial charge in [-0.25, -0.2) is 4.98 Å². The predicted octanol–water partition coefficient (Wildman–Crippen LogP) is 2.13. The lowest BCUT2D eigenvalue weighted by molar-refractivity contribution is 0.123. The molecule has 1 aliphatic heterocycles. The van der Waals surface area contributed by atoms with Gasteiger partial charge in [0.05, 0.1) is 12.6 Å². The van der Waals surface area contributed by atoms with Crippen LogP contribution < -0.4 is 4.90 Å². The van der Waals surface area contributed by atoms with Gasteiger partial charge in [0, 0.05) is 62.4 Å². The van der Waals surface area contributed by atoms with Crippen LogP contribution in [0.1, 0.15) is 29.8 Å². The Morgan fingerprint density at radius 3 is 2.57 bits per heavy atom. The summed E-state index contributed by atoms with van der Waals surface area (Å²) in [6.45, 7) is 9.04. The molecule has 7 heteroatoms. The number of imidazole rings is 1. The van der Waals surface area contributed by atoms with Crippen LogP contribution >= 0.6 is 0 Å². The van der Waals surface area contributed by atoms with Gasteiger partial charge in [-0.05, 0) is 44.0 Å². The van der Waals surface area contributed by atoms with Crippen molar-refractivity contribution in [1.29, 1.82) is 0 Å². The van der Waals surface area contributed by atoms with Crippen LogP contribution in [-0.4, -0.2) is 63.5 Å². The van der Waals surface area contributed by atoms with E-state index in [4.69, 9.17) is 4.52 Å². The third-order valence-electron chi connectivity index (χ3n) is 5.27. The van der Waals surface area contributed by atoms with Gasteiger partial charge in [-0.3, -0.25) is 4.90 Å². The molecule has 1 aliphatic rings. The summed E-state index contributed by atoms with van der Waals surface area (Å²) in [5, 5.41) is 13.6. The van der Waals surface area contributed by atoms with Crippen molar-refractivity contribution in [2.24, 2.45) is 0 Å². The highest BCUT2D eigenvalue weighted by Crippen LogP contribution is 2.17. The van der Waals surface area contributed by atoms with Crippen molar-refractivity contribution in [1.82, 2.24) is 19.6 Å². The number of hydrogen-bond acceptors (Lipinski definition) is 6. The van der Waals surface area contributed by atoms with E-state index in [2.05, 4.69) is 43.9 Å². The number of aliphatic hydroxyl groups is 1. The minimum Gasteiger partial charge on any atom is -0.392 e. The van der Waals surface area contributed by atoms with Gasteiger partial charge in [0.15, 0.2) is 0 Å². The third kappa shape index (κ3) is 5.09. The average Bonchev–Trinajstić information content (AvgIpc) is 3.36. The Bertz CT molecular complexity index is 1020. The quantitative estimate of drug-likeness (QED) is 0.656. The Kier molecular flexibility index (Phi) is 6.17. The second kappa shape index (κ2) is 9.16. The molecule has 0 spiro atoms. The molecule has 1 aromatic carbocycles. The summed E-state index contributed by atoms with van der Waals surface area (Å²) in [4.78, 5) is 8.89. The van der Waals surface area contributed by atoms with E-state index >= 15 is 0 Å². The standard InChI is InChI=1S/C23H27N5O2/c1-18(29)16-26-11-13-27(14-12-26)22-6-3-20(4-7-22)5-8-23-15-21(25-30-23)17-28-10-9-24-19(28)2/h3-4,6-7,9-10,15,18,29H,11-14,16-17H2,1-2H3.